The van der Waals surface area contributed by atoms with E-state index in [1.165, 1.54) is 11.8 Å². The molecule has 0 spiro atoms. The van der Waals surface area contributed by atoms with Gasteiger partial charge in [-0.05, 0) is 18.8 Å². The maximum absolute atomic E-state index is 8.39. The van der Waals surface area contributed by atoms with Gasteiger partial charge in [-0.25, -0.2) is 0 Å². The molecule has 0 amide bonds. The number of hydrogen-bond donors (Lipinski definition) is 0. The third-order valence-electron chi connectivity index (χ3n) is 0.657. The molecule has 1 nitrogen and oxygen atoms in total. The topological polar surface area (TPSA) is 23.8 Å². The molecule has 0 unspecified atom stereocenters. The molecule has 0 heterocycles. The quantitative estimate of drug-likeness (QED) is 0.588. The Morgan fingerprint density at radius 3 is 2.09 bits per heavy atom. The Kier molecular flexibility index (Phi) is 11.0. The zero-order valence-electron chi connectivity index (χ0n) is 7.64. The summed E-state index contributed by atoms with van der Waals surface area (Å²) in [6.07, 6.45) is 1.78. The Hall–Kier alpha value is -0.680. The van der Waals surface area contributed by atoms with Gasteiger partial charge in [0, 0.05) is 0 Å². The molecule has 0 atom stereocenters. The van der Waals surface area contributed by atoms with Crippen molar-refractivity contribution >= 4 is 11.8 Å². The minimum Gasteiger partial charge on any atom is -0.192 e. The number of hydrogen-bond acceptors (Lipinski definition) is 2. The molecular formula is C9H15NS. The molecule has 0 aliphatic rings. The van der Waals surface area contributed by atoms with Crippen LogP contribution in [0.5, 0.6) is 0 Å². The van der Waals surface area contributed by atoms with Crippen LogP contribution in [0.3, 0.4) is 0 Å². The summed E-state index contributed by atoms with van der Waals surface area (Å²) in [6, 6.07) is 2.05. The second kappa shape index (κ2) is 9.32. The Morgan fingerprint density at radius 2 is 2.00 bits per heavy atom. The highest BCUT2D eigenvalue weighted by Gasteiger charge is 1.92. The highest BCUT2D eigenvalue weighted by molar-refractivity contribution is 8.06. The SMILES string of the molecule is C=C(C)S/C(C#N)=C\C.CC. The molecule has 0 radical (unpaired) electrons. The van der Waals surface area contributed by atoms with E-state index in [0.717, 1.165) is 4.91 Å². The van der Waals surface area contributed by atoms with E-state index >= 15 is 0 Å². The normalized spacial score (nSPS) is 9.18. The Balaban J connectivity index is 0. The van der Waals surface area contributed by atoms with Crippen LogP contribution in [-0.4, -0.2) is 0 Å². The molecule has 0 saturated heterocycles. The van der Waals surface area contributed by atoms with E-state index in [2.05, 4.69) is 6.58 Å². The van der Waals surface area contributed by atoms with Gasteiger partial charge in [0.2, 0.25) is 0 Å². The van der Waals surface area contributed by atoms with E-state index in [-0.39, 0.29) is 0 Å². The van der Waals surface area contributed by atoms with E-state index < -0.39 is 0 Å². The Morgan fingerprint density at radius 1 is 1.55 bits per heavy atom. The molecule has 0 N–H and O–H groups in total. The van der Waals surface area contributed by atoms with Crippen LogP contribution in [0.15, 0.2) is 22.5 Å². The Labute approximate surface area is 73.8 Å². The lowest BCUT2D eigenvalue weighted by atomic mass is 10.6. The van der Waals surface area contributed by atoms with Crippen LogP contribution in [-0.2, 0) is 0 Å². The molecular weight excluding hydrogens is 154 g/mol. The van der Waals surface area contributed by atoms with E-state index in [1.54, 1.807) is 6.08 Å². The summed E-state index contributed by atoms with van der Waals surface area (Å²) in [4.78, 5) is 1.66. The summed E-state index contributed by atoms with van der Waals surface area (Å²) in [5.74, 6) is 0. The predicted octanol–water partition coefficient (Wildman–Crippen LogP) is 3.71. The summed E-state index contributed by atoms with van der Waals surface area (Å²) < 4.78 is 0. The van der Waals surface area contributed by atoms with Crippen molar-refractivity contribution in [3.8, 4) is 6.07 Å². The first-order chi connectivity index (χ1) is 5.20. The van der Waals surface area contributed by atoms with Gasteiger partial charge in [-0.1, -0.05) is 38.3 Å². The van der Waals surface area contributed by atoms with E-state index in [9.17, 15) is 0 Å². The van der Waals surface area contributed by atoms with Crippen molar-refractivity contribution in [2.24, 2.45) is 0 Å². The molecule has 0 rings (SSSR count). The highest BCUT2D eigenvalue weighted by atomic mass is 32.2. The van der Waals surface area contributed by atoms with Crippen LogP contribution in [0.4, 0.5) is 0 Å². The van der Waals surface area contributed by atoms with Crippen molar-refractivity contribution in [2.75, 3.05) is 0 Å². The fourth-order valence-corrected chi connectivity index (χ4v) is 0.873. The maximum Gasteiger partial charge on any atom is 0.106 e. The monoisotopic (exact) mass is 169 g/mol. The van der Waals surface area contributed by atoms with Crippen LogP contribution >= 0.6 is 11.8 Å². The zero-order valence-corrected chi connectivity index (χ0v) is 8.46. The first kappa shape index (κ1) is 12.9. The zero-order chi connectivity index (χ0) is 9.28. The first-order valence-electron chi connectivity index (χ1n) is 3.60. The second-order valence-corrected chi connectivity index (χ2v) is 2.91. The fraction of sp³-hybridized carbons (Fsp3) is 0.444. The van der Waals surface area contributed by atoms with E-state index in [4.69, 9.17) is 5.26 Å². The molecule has 0 aromatic carbocycles. The van der Waals surface area contributed by atoms with Gasteiger partial charge in [0.05, 0.1) is 4.91 Å². The first-order valence-corrected chi connectivity index (χ1v) is 4.42. The third kappa shape index (κ3) is 9.32. The minimum atomic E-state index is 0.711. The van der Waals surface area contributed by atoms with Crippen molar-refractivity contribution in [1.29, 1.82) is 5.26 Å². The average Bonchev–Trinajstić information content (AvgIpc) is 2.03. The molecule has 0 aromatic heterocycles. The molecule has 11 heavy (non-hydrogen) atoms. The molecule has 0 aliphatic heterocycles. The van der Waals surface area contributed by atoms with Crippen molar-refractivity contribution in [1.82, 2.24) is 0 Å². The minimum absolute atomic E-state index is 0.711. The van der Waals surface area contributed by atoms with Gasteiger partial charge in [0.1, 0.15) is 6.07 Å². The van der Waals surface area contributed by atoms with E-state index in [0.29, 0.717) is 4.91 Å². The highest BCUT2D eigenvalue weighted by Crippen LogP contribution is 2.21. The largest absolute Gasteiger partial charge is 0.192 e. The van der Waals surface area contributed by atoms with Crippen molar-refractivity contribution in [3.05, 3.63) is 22.5 Å². The summed E-state index contributed by atoms with van der Waals surface area (Å²) in [5.41, 5.74) is 0. The lowest BCUT2D eigenvalue weighted by Crippen LogP contribution is -1.67. The number of nitriles is 1. The molecule has 62 valence electrons. The van der Waals surface area contributed by atoms with Gasteiger partial charge in [-0.15, -0.1) is 0 Å². The average molecular weight is 169 g/mol. The summed E-state index contributed by atoms with van der Waals surface area (Å²) in [6.45, 7) is 11.4. The van der Waals surface area contributed by atoms with Crippen LogP contribution in [0.25, 0.3) is 0 Å². The smallest absolute Gasteiger partial charge is 0.106 e. The van der Waals surface area contributed by atoms with Crippen molar-refractivity contribution in [2.45, 2.75) is 27.7 Å². The summed E-state index contributed by atoms with van der Waals surface area (Å²) in [5, 5.41) is 8.39. The van der Waals surface area contributed by atoms with Gasteiger partial charge < -0.3 is 0 Å². The molecule has 0 saturated carbocycles. The fourth-order valence-electron chi connectivity index (χ4n) is 0.334. The molecule has 0 aliphatic carbocycles. The van der Waals surface area contributed by atoms with Crippen LogP contribution in [0, 0.1) is 11.3 Å². The standard InChI is InChI=1S/C7H9NS.C2H6/c1-4-7(5-8)9-6(2)3;1-2/h4H,2H2,1,3H3;1-2H3/b7-4-;. The number of nitrogens with zero attached hydrogens (tertiary/aromatic N) is 1. The predicted molar refractivity (Wildman–Crippen MR) is 53.1 cm³/mol. The molecule has 2 heteroatoms. The van der Waals surface area contributed by atoms with Crippen molar-refractivity contribution in [3.63, 3.8) is 0 Å². The van der Waals surface area contributed by atoms with Crippen LogP contribution in [0.2, 0.25) is 0 Å². The Bertz CT molecular complexity index is 174. The van der Waals surface area contributed by atoms with Crippen LogP contribution in [0.1, 0.15) is 27.7 Å². The summed E-state index contributed by atoms with van der Waals surface area (Å²) >= 11 is 1.41. The van der Waals surface area contributed by atoms with Gasteiger partial charge in [0.15, 0.2) is 0 Å². The maximum atomic E-state index is 8.39. The number of thioether (sulfide) groups is 1. The van der Waals surface area contributed by atoms with Crippen molar-refractivity contribution < 1.29 is 0 Å². The lowest BCUT2D eigenvalue weighted by Gasteiger charge is -1.92. The second-order valence-electron chi connectivity index (χ2n) is 1.57. The van der Waals surface area contributed by atoms with Gasteiger partial charge in [-0.3, -0.25) is 0 Å². The molecule has 0 fully saturated rings. The van der Waals surface area contributed by atoms with Gasteiger partial charge in [-0.2, -0.15) is 5.26 Å². The lowest BCUT2D eigenvalue weighted by molar-refractivity contribution is 1.50. The van der Waals surface area contributed by atoms with Gasteiger partial charge in [0.25, 0.3) is 0 Å². The van der Waals surface area contributed by atoms with E-state index in [1.807, 2.05) is 33.8 Å². The molecule has 0 aromatic rings. The third-order valence-corrected chi connectivity index (χ3v) is 1.55. The molecule has 0 bridgehead atoms. The van der Waals surface area contributed by atoms with Crippen LogP contribution < -0.4 is 0 Å². The number of allylic oxidation sites excluding steroid dienone is 3. The number of rotatable bonds is 2. The van der Waals surface area contributed by atoms with Gasteiger partial charge >= 0.3 is 0 Å². The summed E-state index contributed by atoms with van der Waals surface area (Å²) in [7, 11) is 0.